The minimum Gasteiger partial charge on any atom is -0.280 e. The van der Waals surface area contributed by atoms with Gasteiger partial charge < -0.3 is 0 Å². The maximum absolute atomic E-state index is 12.0. The highest BCUT2D eigenvalue weighted by Gasteiger charge is 2.09. The maximum atomic E-state index is 12.0. The van der Waals surface area contributed by atoms with E-state index in [1.54, 1.807) is 18.3 Å². The molecule has 21 heavy (non-hydrogen) atoms. The number of aromatic nitrogens is 4. The molecule has 1 amide bonds. The fourth-order valence-corrected chi connectivity index (χ4v) is 1.82. The van der Waals surface area contributed by atoms with Gasteiger partial charge in [-0.3, -0.25) is 15.6 Å². The van der Waals surface area contributed by atoms with Crippen LogP contribution in [-0.4, -0.2) is 25.8 Å². The van der Waals surface area contributed by atoms with Gasteiger partial charge in [0.2, 0.25) is 0 Å². The van der Waals surface area contributed by atoms with Crippen LogP contribution in [0.2, 0.25) is 5.02 Å². The topological polar surface area (TPSA) is 92.7 Å². The van der Waals surface area contributed by atoms with E-state index in [2.05, 4.69) is 30.8 Å². The molecule has 3 aromatic heterocycles. The Bertz CT molecular complexity index is 809. The lowest BCUT2D eigenvalue weighted by Crippen LogP contribution is -2.30. The van der Waals surface area contributed by atoms with Crippen LogP contribution in [0.3, 0.4) is 0 Å². The number of hydrazine groups is 1. The van der Waals surface area contributed by atoms with E-state index in [9.17, 15) is 4.79 Å². The zero-order chi connectivity index (χ0) is 14.7. The Hall–Kier alpha value is -2.80. The molecule has 8 heteroatoms. The van der Waals surface area contributed by atoms with Gasteiger partial charge in [0.25, 0.3) is 5.91 Å². The van der Waals surface area contributed by atoms with Gasteiger partial charge in [-0.1, -0.05) is 11.6 Å². The molecule has 3 rings (SSSR count). The smallest absolute Gasteiger partial charge is 0.280 e. The maximum Gasteiger partial charge on any atom is 0.288 e. The molecule has 0 bridgehead atoms. The molecule has 0 spiro atoms. The molecule has 0 aliphatic carbocycles. The summed E-state index contributed by atoms with van der Waals surface area (Å²) in [5, 5.41) is 1.16. The standard InChI is InChI=1S/C13H9ClN6O/c14-9-6-15-7-17-12(9)19-20-13(21)10-4-3-8-2-1-5-16-11(8)18-10/h1-7H,(H,20,21)(H,15,17,19). The molecule has 3 heterocycles. The normalized spacial score (nSPS) is 10.3. The Morgan fingerprint density at radius 3 is 2.95 bits per heavy atom. The Balaban J connectivity index is 1.76. The summed E-state index contributed by atoms with van der Waals surface area (Å²) in [5.41, 5.74) is 5.82. The van der Waals surface area contributed by atoms with E-state index >= 15 is 0 Å². The number of hydrogen-bond donors (Lipinski definition) is 2. The average molecular weight is 301 g/mol. The van der Waals surface area contributed by atoms with Crippen molar-refractivity contribution in [2.45, 2.75) is 0 Å². The van der Waals surface area contributed by atoms with Gasteiger partial charge in [-0.25, -0.2) is 19.9 Å². The van der Waals surface area contributed by atoms with Crippen LogP contribution in [0, 0.1) is 0 Å². The summed E-state index contributed by atoms with van der Waals surface area (Å²) in [5.74, 6) is -0.115. The third-order valence-corrected chi connectivity index (χ3v) is 2.94. The molecule has 0 aliphatic heterocycles. The molecule has 0 saturated carbocycles. The van der Waals surface area contributed by atoms with Crippen molar-refractivity contribution in [3.63, 3.8) is 0 Å². The van der Waals surface area contributed by atoms with E-state index in [1.807, 2.05) is 12.1 Å². The fourth-order valence-electron chi connectivity index (χ4n) is 1.66. The minimum absolute atomic E-state index is 0.235. The molecular formula is C13H9ClN6O. The molecule has 104 valence electrons. The van der Waals surface area contributed by atoms with Gasteiger partial charge >= 0.3 is 0 Å². The van der Waals surface area contributed by atoms with Crippen LogP contribution in [0.15, 0.2) is 43.0 Å². The second-order valence-corrected chi connectivity index (χ2v) is 4.45. The Kier molecular flexibility index (Phi) is 3.57. The van der Waals surface area contributed by atoms with E-state index in [0.29, 0.717) is 16.5 Å². The predicted molar refractivity (Wildman–Crippen MR) is 77.7 cm³/mol. The highest BCUT2D eigenvalue weighted by molar-refractivity contribution is 6.32. The fraction of sp³-hybridized carbons (Fsp3) is 0. The van der Waals surface area contributed by atoms with Gasteiger partial charge in [0.05, 0.1) is 6.20 Å². The van der Waals surface area contributed by atoms with Crippen molar-refractivity contribution in [3.05, 3.63) is 53.7 Å². The van der Waals surface area contributed by atoms with Crippen LogP contribution in [-0.2, 0) is 0 Å². The van der Waals surface area contributed by atoms with Crippen LogP contribution in [0.1, 0.15) is 10.5 Å². The number of pyridine rings is 2. The largest absolute Gasteiger partial charge is 0.288 e. The summed E-state index contributed by atoms with van der Waals surface area (Å²) in [6, 6.07) is 7.07. The zero-order valence-electron chi connectivity index (χ0n) is 10.6. The Morgan fingerprint density at radius 2 is 2.10 bits per heavy atom. The van der Waals surface area contributed by atoms with E-state index in [1.165, 1.54) is 12.5 Å². The van der Waals surface area contributed by atoms with Crippen molar-refractivity contribution in [1.82, 2.24) is 25.4 Å². The van der Waals surface area contributed by atoms with Crippen LogP contribution in [0.25, 0.3) is 11.0 Å². The Morgan fingerprint density at radius 1 is 1.19 bits per heavy atom. The molecule has 0 aromatic carbocycles. The van der Waals surface area contributed by atoms with Crippen molar-refractivity contribution in [1.29, 1.82) is 0 Å². The second-order valence-electron chi connectivity index (χ2n) is 4.05. The first kappa shape index (κ1) is 13.2. The third kappa shape index (κ3) is 2.87. The van der Waals surface area contributed by atoms with Crippen molar-refractivity contribution >= 4 is 34.4 Å². The van der Waals surface area contributed by atoms with Crippen LogP contribution in [0.4, 0.5) is 5.82 Å². The number of carbonyl (C=O) groups excluding carboxylic acids is 1. The number of amides is 1. The molecule has 3 aromatic rings. The summed E-state index contributed by atoms with van der Waals surface area (Å²) >= 11 is 5.87. The molecule has 7 nitrogen and oxygen atoms in total. The molecule has 0 unspecified atom stereocenters. The number of halogens is 1. The monoisotopic (exact) mass is 300 g/mol. The van der Waals surface area contributed by atoms with Crippen LogP contribution >= 0.6 is 11.6 Å². The summed E-state index contributed by atoms with van der Waals surface area (Å²) in [6.07, 6.45) is 4.36. The lowest BCUT2D eigenvalue weighted by Gasteiger charge is -2.08. The molecule has 0 radical (unpaired) electrons. The lowest BCUT2D eigenvalue weighted by atomic mass is 10.2. The van der Waals surface area contributed by atoms with Gasteiger partial charge in [-0.2, -0.15) is 0 Å². The van der Waals surface area contributed by atoms with Crippen molar-refractivity contribution in [3.8, 4) is 0 Å². The number of nitrogens with one attached hydrogen (secondary N) is 2. The molecule has 2 N–H and O–H groups in total. The molecular weight excluding hydrogens is 292 g/mol. The summed E-state index contributed by atoms with van der Waals surface area (Å²) in [4.78, 5) is 27.9. The van der Waals surface area contributed by atoms with Crippen molar-refractivity contribution < 1.29 is 4.79 Å². The number of rotatable bonds is 3. The number of fused-ring (bicyclic) bond motifs is 1. The first-order chi connectivity index (χ1) is 10.2. The number of nitrogens with zero attached hydrogens (tertiary/aromatic N) is 4. The molecule has 0 saturated heterocycles. The molecule has 0 fully saturated rings. The van der Waals surface area contributed by atoms with Crippen LogP contribution in [0.5, 0.6) is 0 Å². The summed E-state index contributed by atoms with van der Waals surface area (Å²) in [6.45, 7) is 0. The van der Waals surface area contributed by atoms with Crippen molar-refractivity contribution in [2.24, 2.45) is 0 Å². The predicted octanol–water partition coefficient (Wildman–Crippen LogP) is 1.83. The zero-order valence-corrected chi connectivity index (χ0v) is 11.4. The highest BCUT2D eigenvalue weighted by Crippen LogP contribution is 2.15. The second kappa shape index (κ2) is 5.68. The molecule has 0 atom stereocenters. The first-order valence-electron chi connectivity index (χ1n) is 5.98. The van der Waals surface area contributed by atoms with E-state index < -0.39 is 5.91 Å². The lowest BCUT2D eigenvalue weighted by molar-refractivity contribution is 0.0958. The van der Waals surface area contributed by atoms with Crippen LogP contribution < -0.4 is 10.9 Å². The average Bonchev–Trinajstić information content (AvgIpc) is 2.53. The van der Waals surface area contributed by atoms with Gasteiger partial charge in [0.1, 0.15) is 17.0 Å². The summed E-state index contributed by atoms with van der Waals surface area (Å²) in [7, 11) is 0. The number of carbonyl (C=O) groups is 1. The summed E-state index contributed by atoms with van der Waals surface area (Å²) < 4.78 is 0. The number of anilines is 1. The SMILES string of the molecule is O=C(NNc1ncncc1Cl)c1ccc2cccnc2n1. The van der Waals surface area contributed by atoms with E-state index in [0.717, 1.165) is 5.39 Å². The quantitative estimate of drug-likeness (QED) is 0.717. The Labute approximate surface area is 124 Å². The minimum atomic E-state index is -0.419. The van der Waals surface area contributed by atoms with Gasteiger partial charge in [0, 0.05) is 11.6 Å². The third-order valence-electron chi connectivity index (χ3n) is 2.66. The first-order valence-corrected chi connectivity index (χ1v) is 6.35. The van der Waals surface area contributed by atoms with Gasteiger partial charge in [-0.15, -0.1) is 0 Å². The van der Waals surface area contributed by atoms with Crippen molar-refractivity contribution in [2.75, 3.05) is 5.43 Å². The van der Waals surface area contributed by atoms with E-state index in [4.69, 9.17) is 11.6 Å². The van der Waals surface area contributed by atoms with Gasteiger partial charge in [0.15, 0.2) is 11.5 Å². The van der Waals surface area contributed by atoms with Gasteiger partial charge in [-0.05, 0) is 24.3 Å². The highest BCUT2D eigenvalue weighted by atomic mass is 35.5. The van der Waals surface area contributed by atoms with E-state index in [-0.39, 0.29) is 5.69 Å². The molecule has 0 aliphatic rings. The number of hydrogen-bond acceptors (Lipinski definition) is 6.